The first-order valence-electron chi connectivity index (χ1n) is 8.61. The number of benzene rings is 2. The number of ether oxygens (including phenoxy) is 2. The SMILES string of the molecule is CC(NC(=O)c1cn[nH]c1-c1ccc2c(c1)OCCO2)c1cccc(F)c1. The number of halogens is 1. The first-order chi connectivity index (χ1) is 13.1. The van der Waals surface area contributed by atoms with Gasteiger partial charge in [-0.2, -0.15) is 5.10 Å². The van der Waals surface area contributed by atoms with Crippen LogP contribution in [0.3, 0.4) is 0 Å². The van der Waals surface area contributed by atoms with E-state index in [2.05, 4.69) is 15.5 Å². The van der Waals surface area contributed by atoms with Gasteiger partial charge in [-0.1, -0.05) is 12.1 Å². The van der Waals surface area contributed by atoms with Gasteiger partial charge in [0, 0.05) is 5.56 Å². The molecule has 0 aliphatic carbocycles. The third-order valence-corrected chi connectivity index (χ3v) is 4.41. The Bertz CT molecular complexity index is 986. The largest absolute Gasteiger partial charge is 0.486 e. The van der Waals surface area contributed by atoms with Gasteiger partial charge in [-0.3, -0.25) is 9.89 Å². The van der Waals surface area contributed by atoms with E-state index in [-0.39, 0.29) is 17.8 Å². The van der Waals surface area contributed by atoms with Crippen molar-refractivity contribution in [2.45, 2.75) is 13.0 Å². The number of rotatable bonds is 4. The Morgan fingerprint density at radius 3 is 2.81 bits per heavy atom. The number of fused-ring (bicyclic) bond motifs is 1. The van der Waals surface area contributed by atoms with E-state index < -0.39 is 0 Å². The lowest BCUT2D eigenvalue weighted by Crippen LogP contribution is -2.26. The minimum absolute atomic E-state index is 0.301. The highest BCUT2D eigenvalue weighted by Gasteiger charge is 2.20. The summed E-state index contributed by atoms with van der Waals surface area (Å²) < 4.78 is 24.5. The van der Waals surface area contributed by atoms with E-state index in [1.165, 1.54) is 18.3 Å². The van der Waals surface area contributed by atoms with Crippen molar-refractivity contribution in [2.75, 3.05) is 13.2 Å². The molecule has 3 aromatic rings. The Morgan fingerprint density at radius 1 is 1.19 bits per heavy atom. The number of hydrogen-bond donors (Lipinski definition) is 2. The van der Waals surface area contributed by atoms with Crippen LogP contribution in [-0.4, -0.2) is 29.3 Å². The molecule has 1 atom stereocenters. The molecule has 0 spiro atoms. The van der Waals surface area contributed by atoms with E-state index >= 15 is 0 Å². The van der Waals surface area contributed by atoms with Gasteiger partial charge in [-0.15, -0.1) is 0 Å². The molecule has 0 radical (unpaired) electrons. The lowest BCUT2D eigenvalue weighted by molar-refractivity contribution is 0.0940. The lowest BCUT2D eigenvalue weighted by atomic mass is 10.1. The van der Waals surface area contributed by atoms with Crippen LogP contribution < -0.4 is 14.8 Å². The molecule has 0 saturated heterocycles. The number of carbonyl (C=O) groups is 1. The minimum atomic E-state index is -0.351. The van der Waals surface area contributed by atoms with Crippen molar-refractivity contribution in [2.24, 2.45) is 0 Å². The molecule has 0 saturated carbocycles. The zero-order valence-electron chi connectivity index (χ0n) is 14.7. The van der Waals surface area contributed by atoms with Gasteiger partial charge in [0.2, 0.25) is 0 Å². The van der Waals surface area contributed by atoms with Crippen LogP contribution in [0, 0.1) is 5.82 Å². The van der Waals surface area contributed by atoms with Gasteiger partial charge < -0.3 is 14.8 Å². The Labute approximate surface area is 155 Å². The molecule has 7 heteroatoms. The summed E-state index contributed by atoms with van der Waals surface area (Å²) in [5, 5.41) is 9.75. The van der Waals surface area contributed by atoms with Gasteiger partial charge >= 0.3 is 0 Å². The number of carbonyl (C=O) groups excluding carboxylic acids is 1. The monoisotopic (exact) mass is 367 g/mol. The number of amides is 1. The second-order valence-corrected chi connectivity index (χ2v) is 6.27. The molecule has 2 heterocycles. The summed E-state index contributed by atoms with van der Waals surface area (Å²) in [5.41, 5.74) is 2.43. The van der Waals surface area contributed by atoms with Crippen molar-refractivity contribution >= 4 is 5.91 Å². The topological polar surface area (TPSA) is 76.2 Å². The Hall–Kier alpha value is -3.35. The molecule has 4 rings (SSSR count). The number of aromatic amines is 1. The van der Waals surface area contributed by atoms with E-state index in [1.807, 2.05) is 18.2 Å². The van der Waals surface area contributed by atoms with Crippen LogP contribution in [-0.2, 0) is 0 Å². The van der Waals surface area contributed by atoms with Gasteiger partial charge in [-0.25, -0.2) is 4.39 Å². The quantitative estimate of drug-likeness (QED) is 0.740. The second-order valence-electron chi connectivity index (χ2n) is 6.27. The molecule has 1 aromatic heterocycles. The fourth-order valence-corrected chi connectivity index (χ4v) is 3.01. The fourth-order valence-electron chi connectivity index (χ4n) is 3.01. The smallest absolute Gasteiger partial charge is 0.255 e. The summed E-state index contributed by atoms with van der Waals surface area (Å²) in [6, 6.07) is 11.3. The summed E-state index contributed by atoms with van der Waals surface area (Å²) in [6.45, 7) is 2.80. The van der Waals surface area contributed by atoms with Gasteiger partial charge in [0.15, 0.2) is 11.5 Å². The number of hydrogen-bond acceptors (Lipinski definition) is 4. The molecular formula is C20H18FN3O3. The highest BCUT2D eigenvalue weighted by Crippen LogP contribution is 2.34. The predicted octanol–water partition coefficient (Wildman–Crippen LogP) is 3.48. The fraction of sp³-hybridized carbons (Fsp3) is 0.200. The summed E-state index contributed by atoms with van der Waals surface area (Å²) in [4.78, 5) is 12.7. The maximum Gasteiger partial charge on any atom is 0.255 e. The van der Waals surface area contributed by atoms with Crippen molar-refractivity contribution in [3.63, 3.8) is 0 Å². The number of aromatic nitrogens is 2. The van der Waals surface area contributed by atoms with E-state index in [0.29, 0.717) is 41.5 Å². The number of nitrogens with one attached hydrogen (secondary N) is 2. The van der Waals surface area contributed by atoms with Crippen LogP contribution in [0.4, 0.5) is 4.39 Å². The van der Waals surface area contributed by atoms with Crippen molar-refractivity contribution in [1.29, 1.82) is 0 Å². The molecule has 6 nitrogen and oxygen atoms in total. The Morgan fingerprint density at radius 2 is 2.00 bits per heavy atom. The summed E-state index contributed by atoms with van der Waals surface area (Å²) in [5.74, 6) is 0.669. The van der Waals surface area contributed by atoms with E-state index in [4.69, 9.17) is 9.47 Å². The van der Waals surface area contributed by atoms with Crippen molar-refractivity contribution in [1.82, 2.24) is 15.5 Å². The zero-order valence-corrected chi connectivity index (χ0v) is 14.7. The third-order valence-electron chi connectivity index (χ3n) is 4.41. The normalized spacial score (nSPS) is 13.9. The highest BCUT2D eigenvalue weighted by atomic mass is 19.1. The standard InChI is InChI=1S/C20H18FN3O3/c1-12(13-3-2-4-15(21)9-13)23-20(25)16-11-22-24-19(16)14-5-6-17-18(10-14)27-8-7-26-17/h2-6,9-12H,7-8H2,1H3,(H,22,24)(H,23,25). The molecule has 1 aliphatic heterocycles. The van der Waals surface area contributed by atoms with Crippen molar-refractivity contribution in [3.8, 4) is 22.8 Å². The predicted molar refractivity (Wildman–Crippen MR) is 97.3 cm³/mol. The van der Waals surface area contributed by atoms with Crippen LogP contribution in [0.1, 0.15) is 28.9 Å². The molecular weight excluding hydrogens is 349 g/mol. The molecule has 0 bridgehead atoms. The summed E-state index contributed by atoms with van der Waals surface area (Å²) in [6.07, 6.45) is 1.47. The number of nitrogens with zero attached hydrogens (tertiary/aromatic N) is 1. The van der Waals surface area contributed by atoms with E-state index in [0.717, 1.165) is 5.56 Å². The summed E-state index contributed by atoms with van der Waals surface area (Å²) in [7, 11) is 0. The first kappa shape index (κ1) is 17.1. The van der Waals surface area contributed by atoms with Crippen molar-refractivity contribution in [3.05, 3.63) is 65.6 Å². The molecule has 2 aromatic carbocycles. The maximum atomic E-state index is 13.4. The first-order valence-corrected chi connectivity index (χ1v) is 8.61. The second kappa shape index (κ2) is 7.11. The maximum absolute atomic E-state index is 13.4. The average Bonchev–Trinajstić information content (AvgIpc) is 3.17. The van der Waals surface area contributed by atoms with Crippen LogP contribution in [0.2, 0.25) is 0 Å². The average molecular weight is 367 g/mol. The Balaban J connectivity index is 1.57. The number of H-pyrrole nitrogens is 1. The third kappa shape index (κ3) is 3.48. The molecule has 138 valence electrons. The highest BCUT2D eigenvalue weighted by molar-refractivity contribution is 6.00. The van der Waals surface area contributed by atoms with Crippen molar-refractivity contribution < 1.29 is 18.7 Å². The Kier molecular flexibility index (Phi) is 4.50. The lowest BCUT2D eigenvalue weighted by Gasteiger charge is -2.19. The van der Waals surface area contributed by atoms with Gasteiger partial charge in [0.1, 0.15) is 19.0 Å². The van der Waals surface area contributed by atoms with Crippen LogP contribution >= 0.6 is 0 Å². The molecule has 27 heavy (non-hydrogen) atoms. The van der Waals surface area contributed by atoms with Crippen LogP contribution in [0.25, 0.3) is 11.3 Å². The molecule has 0 fully saturated rings. The van der Waals surface area contributed by atoms with Crippen LogP contribution in [0.15, 0.2) is 48.7 Å². The molecule has 1 unspecified atom stereocenters. The van der Waals surface area contributed by atoms with Crippen LogP contribution in [0.5, 0.6) is 11.5 Å². The van der Waals surface area contributed by atoms with Gasteiger partial charge in [-0.05, 0) is 42.8 Å². The zero-order chi connectivity index (χ0) is 18.8. The minimum Gasteiger partial charge on any atom is -0.486 e. The molecule has 1 amide bonds. The van der Waals surface area contributed by atoms with Gasteiger partial charge in [0.25, 0.3) is 5.91 Å². The van der Waals surface area contributed by atoms with Gasteiger partial charge in [0.05, 0.1) is 23.5 Å². The van der Waals surface area contributed by atoms with E-state index in [9.17, 15) is 9.18 Å². The van der Waals surface area contributed by atoms with E-state index in [1.54, 1.807) is 19.1 Å². The molecule has 1 aliphatic rings. The molecule has 2 N–H and O–H groups in total. The summed E-state index contributed by atoms with van der Waals surface area (Å²) >= 11 is 0.